The lowest BCUT2D eigenvalue weighted by Gasteiger charge is -2.31. The zero-order valence-corrected chi connectivity index (χ0v) is 14.6. The molecule has 23 heavy (non-hydrogen) atoms. The molecule has 1 aromatic rings. The standard InChI is InChI=1S/C16H26N2O4S/c1-17-12-14-4-3-9-18(13-14)23(19,20)16-7-5-15(6-8-16)22-11-10-21-2/h5-8,14,17H,3-4,9-13H2,1-2H3. The van der Waals surface area contributed by atoms with Gasteiger partial charge in [-0.25, -0.2) is 8.42 Å². The molecule has 1 fully saturated rings. The van der Waals surface area contributed by atoms with Gasteiger partial charge in [-0.1, -0.05) is 0 Å². The lowest BCUT2D eigenvalue weighted by atomic mass is 10.00. The number of nitrogens with zero attached hydrogens (tertiary/aromatic N) is 1. The quantitative estimate of drug-likeness (QED) is 0.722. The third-order valence-electron chi connectivity index (χ3n) is 3.99. The van der Waals surface area contributed by atoms with Crippen molar-refractivity contribution < 1.29 is 17.9 Å². The Balaban J connectivity index is 2.03. The molecule has 1 aromatic carbocycles. The molecule has 1 saturated heterocycles. The van der Waals surface area contributed by atoms with Crippen LogP contribution in [0.2, 0.25) is 0 Å². The summed E-state index contributed by atoms with van der Waals surface area (Å²) in [7, 11) is 0.0788. The zero-order valence-electron chi connectivity index (χ0n) is 13.8. The average Bonchev–Trinajstić information content (AvgIpc) is 2.56. The highest BCUT2D eigenvalue weighted by atomic mass is 32.2. The monoisotopic (exact) mass is 342 g/mol. The van der Waals surface area contributed by atoms with Crippen LogP contribution in [0.25, 0.3) is 0 Å². The topological polar surface area (TPSA) is 67.9 Å². The molecule has 1 atom stereocenters. The van der Waals surface area contributed by atoms with E-state index in [4.69, 9.17) is 9.47 Å². The fourth-order valence-corrected chi connectivity index (χ4v) is 4.35. The maximum Gasteiger partial charge on any atom is 0.243 e. The Morgan fingerprint density at radius 2 is 2.00 bits per heavy atom. The van der Waals surface area contributed by atoms with E-state index in [-0.39, 0.29) is 0 Å². The number of ether oxygens (including phenoxy) is 2. The summed E-state index contributed by atoms with van der Waals surface area (Å²) in [6.07, 6.45) is 1.98. The molecule has 2 rings (SSSR count). The van der Waals surface area contributed by atoms with Gasteiger partial charge in [0.2, 0.25) is 10.0 Å². The first-order valence-corrected chi connectivity index (χ1v) is 9.38. The van der Waals surface area contributed by atoms with Crippen molar-refractivity contribution in [2.24, 2.45) is 5.92 Å². The maximum absolute atomic E-state index is 12.8. The second kappa shape index (κ2) is 8.63. The Morgan fingerprint density at radius 1 is 1.26 bits per heavy atom. The molecule has 0 saturated carbocycles. The molecular weight excluding hydrogens is 316 g/mol. The first-order valence-electron chi connectivity index (χ1n) is 7.94. The summed E-state index contributed by atoms with van der Waals surface area (Å²) < 4.78 is 37.5. The van der Waals surface area contributed by atoms with Crippen molar-refractivity contribution >= 4 is 10.0 Å². The second-order valence-corrected chi connectivity index (χ2v) is 7.68. The summed E-state index contributed by atoms with van der Waals surface area (Å²) in [6, 6.07) is 6.60. The van der Waals surface area contributed by atoms with Crippen LogP contribution in [-0.4, -0.2) is 59.7 Å². The number of hydrogen-bond acceptors (Lipinski definition) is 5. The molecule has 0 amide bonds. The summed E-state index contributed by atoms with van der Waals surface area (Å²) >= 11 is 0. The summed E-state index contributed by atoms with van der Waals surface area (Å²) in [5.74, 6) is 1.02. The minimum Gasteiger partial charge on any atom is -0.491 e. The van der Waals surface area contributed by atoms with Gasteiger partial charge in [0.25, 0.3) is 0 Å². The van der Waals surface area contributed by atoms with Crippen LogP contribution < -0.4 is 10.1 Å². The highest BCUT2D eigenvalue weighted by Crippen LogP contribution is 2.24. The lowest BCUT2D eigenvalue weighted by molar-refractivity contribution is 0.146. The van der Waals surface area contributed by atoms with Gasteiger partial charge in [-0.3, -0.25) is 0 Å². The van der Waals surface area contributed by atoms with E-state index in [0.717, 1.165) is 19.4 Å². The van der Waals surface area contributed by atoms with Crippen molar-refractivity contribution in [2.45, 2.75) is 17.7 Å². The zero-order chi connectivity index (χ0) is 16.7. The smallest absolute Gasteiger partial charge is 0.243 e. The van der Waals surface area contributed by atoms with Crippen LogP contribution in [0.3, 0.4) is 0 Å². The predicted octanol–water partition coefficient (Wildman–Crippen LogP) is 1.33. The van der Waals surface area contributed by atoms with Crippen LogP contribution in [-0.2, 0) is 14.8 Å². The number of hydrogen-bond donors (Lipinski definition) is 1. The van der Waals surface area contributed by atoms with E-state index in [0.29, 0.717) is 42.9 Å². The Morgan fingerprint density at radius 3 is 2.65 bits per heavy atom. The molecule has 0 spiro atoms. The van der Waals surface area contributed by atoms with Crippen LogP contribution in [0.4, 0.5) is 0 Å². The van der Waals surface area contributed by atoms with Crippen LogP contribution in [0.1, 0.15) is 12.8 Å². The van der Waals surface area contributed by atoms with Crippen LogP contribution in [0.15, 0.2) is 29.2 Å². The molecule has 0 bridgehead atoms. The Labute approximate surface area is 138 Å². The normalized spacial score (nSPS) is 19.7. The van der Waals surface area contributed by atoms with Crippen LogP contribution in [0, 0.1) is 5.92 Å². The molecule has 1 aliphatic heterocycles. The Hall–Kier alpha value is -1.15. The summed E-state index contributed by atoms with van der Waals surface area (Å²) in [5, 5.41) is 3.13. The largest absolute Gasteiger partial charge is 0.491 e. The number of nitrogens with one attached hydrogen (secondary N) is 1. The number of piperidine rings is 1. The van der Waals surface area contributed by atoms with E-state index in [1.54, 1.807) is 35.7 Å². The molecular formula is C16H26N2O4S. The summed E-state index contributed by atoms with van der Waals surface area (Å²) in [4.78, 5) is 0.321. The third-order valence-corrected chi connectivity index (χ3v) is 5.87. The summed E-state index contributed by atoms with van der Waals surface area (Å²) in [6.45, 7) is 2.96. The van der Waals surface area contributed by atoms with E-state index >= 15 is 0 Å². The highest BCUT2D eigenvalue weighted by Gasteiger charge is 2.29. The maximum atomic E-state index is 12.8. The van der Waals surface area contributed by atoms with Crippen molar-refractivity contribution in [3.63, 3.8) is 0 Å². The number of benzene rings is 1. The SMILES string of the molecule is CNCC1CCCN(S(=O)(=O)c2ccc(OCCOC)cc2)C1. The van der Waals surface area contributed by atoms with Crippen molar-refractivity contribution in [1.82, 2.24) is 9.62 Å². The Kier molecular flexibility index (Phi) is 6.83. The van der Waals surface area contributed by atoms with Gasteiger partial charge in [-0.05, 0) is 56.6 Å². The molecule has 1 heterocycles. The molecule has 6 nitrogen and oxygen atoms in total. The van der Waals surface area contributed by atoms with Gasteiger partial charge in [0.1, 0.15) is 12.4 Å². The molecule has 7 heteroatoms. The minimum absolute atomic E-state index is 0.321. The minimum atomic E-state index is -3.43. The van der Waals surface area contributed by atoms with Crippen LogP contribution in [0.5, 0.6) is 5.75 Å². The van der Waals surface area contributed by atoms with E-state index in [1.165, 1.54) is 0 Å². The molecule has 1 N–H and O–H groups in total. The molecule has 1 unspecified atom stereocenters. The fourth-order valence-electron chi connectivity index (χ4n) is 2.80. The van der Waals surface area contributed by atoms with Crippen molar-refractivity contribution in [3.8, 4) is 5.75 Å². The van der Waals surface area contributed by atoms with Crippen molar-refractivity contribution in [3.05, 3.63) is 24.3 Å². The van der Waals surface area contributed by atoms with Crippen molar-refractivity contribution in [1.29, 1.82) is 0 Å². The number of sulfonamides is 1. The van der Waals surface area contributed by atoms with Gasteiger partial charge in [0.15, 0.2) is 0 Å². The molecule has 0 radical (unpaired) electrons. The van der Waals surface area contributed by atoms with E-state index in [9.17, 15) is 8.42 Å². The molecule has 0 aliphatic carbocycles. The number of methoxy groups -OCH3 is 1. The molecule has 1 aliphatic rings. The third kappa shape index (κ3) is 4.91. The van der Waals surface area contributed by atoms with Crippen LogP contribution >= 0.6 is 0 Å². The van der Waals surface area contributed by atoms with Crippen molar-refractivity contribution in [2.75, 3.05) is 47.0 Å². The first kappa shape index (κ1) is 18.2. The van der Waals surface area contributed by atoms with Gasteiger partial charge >= 0.3 is 0 Å². The first-order chi connectivity index (χ1) is 11.1. The Bertz CT molecular complexity index is 572. The van der Waals surface area contributed by atoms with Gasteiger partial charge in [-0.15, -0.1) is 0 Å². The van der Waals surface area contributed by atoms with Gasteiger partial charge in [-0.2, -0.15) is 4.31 Å². The lowest BCUT2D eigenvalue weighted by Crippen LogP contribution is -2.42. The summed E-state index contributed by atoms with van der Waals surface area (Å²) in [5.41, 5.74) is 0. The second-order valence-electron chi connectivity index (χ2n) is 5.74. The van der Waals surface area contributed by atoms with Gasteiger partial charge < -0.3 is 14.8 Å². The molecule has 130 valence electrons. The predicted molar refractivity (Wildman–Crippen MR) is 89.2 cm³/mol. The van der Waals surface area contributed by atoms with Gasteiger partial charge in [0, 0.05) is 20.2 Å². The van der Waals surface area contributed by atoms with E-state index in [1.807, 2.05) is 7.05 Å². The van der Waals surface area contributed by atoms with E-state index in [2.05, 4.69) is 5.32 Å². The average molecular weight is 342 g/mol. The fraction of sp³-hybridized carbons (Fsp3) is 0.625. The number of rotatable bonds is 8. The molecule has 0 aromatic heterocycles. The van der Waals surface area contributed by atoms with Gasteiger partial charge in [0.05, 0.1) is 11.5 Å². The highest BCUT2D eigenvalue weighted by molar-refractivity contribution is 7.89. The van der Waals surface area contributed by atoms with E-state index < -0.39 is 10.0 Å².